The third-order valence-electron chi connectivity index (χ3n) is 4.16. The summed E-state index contributed by atoms with van der Waals surface area (Å²) >= 11 is 0. The average Bonchev–Trinajstić information content (AvgIpc) is 3.36. The van der Waals surface area contributed by atoms with Gasteiger partial charge in [-0.2, -0.15) is 13.2 Å². The first-order valence-electron chi connectivity index (χ1n) is 8.88. The van der Waals surface area contributed by atoms with E-state index in [0.717, 1.165) is 25.0 Å². The van der Waals surface area contributed by atoms with Crippen molar-refractivity contribution in [2.75, 3.05) is 30.5 Å². The molecule has 1 aliphatic heterocycles. The minimum Gasteiger partial charge on any atom is -0.459 e. The zero-order valence-electron chi connectivity index (χ0n) is 15.3. The first-order chi connectivity index (χ1) is 13.8. The van der Waals surface area contributed by atoms with Crippen molar-refractivity contribution in [2.24, 2.45) is 0 Å². The summed E-state index contributed by atoms with van der Waals surface area (Å²) in [6.07, 6.45) is -1.82. The lowest BCUT2D eigenvalue weighted by molar-refractivity contribution is -0.137. The van der Waals surface area contributed by atoms with Crippen LogP contribution in [0.2, 0.25) is 0 Å². The quantitative estimate of drug-likeness (QED) is 0.724. The van der Waals surface area contributed by atoms with E-state index in [2.05, 4.69) is 10.6 Å². The predicted molar refractivity (Wildman–Crippen MR) is 96.5 cm³/mol. The lowest BCUT2D eigenvalue weighted by Gasteiger charge is -2.16. The Hall–Kier alpha value is -2.85. The molecule has 3 rings (SSSR count). The Bertz CT molecular complexity index is 846. The summed E-state index contributed by atoms with van der Waals surface area (Å²) in [4.78, 5) is 23.9. The van der Waals surface area contributed by atoms with E-state index in [9.17, 15) is 22.8 Å². The highest BCUT2D eigenvalue weighted by atomic mass is 19.4. The minimum absolute atomic E-state index is 0.0423. The fourth-order valence-electron chi connectivity index (χ4n) is 2.81. The summed E-state index contributed by atoms with van der Waals surface area (Å²) in [5, 5.41) is 4.51. The molecule has 1 aromatic heterocycles. The average molecular weight is 412 g/mol. The Morgan fingerprint density at radius 2 is 2.03 bits per heavy atom. The van der Waals surface area contributed by atoms with Gasteiger partial charge in [0, 0.05) is 12.3 Å². The van der Waals surface area contributed by atoms with Crippen molar-refractivity contribution in [3.63, 3.8) is 0 Å². The fourth-order valence-corrected chi connectivity index (χ4v) is 2.81. The van der Waals surface area contributed by atoms with E-state index in [1.54, 1.807) is 0 Å². The number of ether oxygens (including phenoxy) is 2. The molecule has 1 saturated heterocycles. The molecule has 2 aromatic rings. The third-order valence-corrected chi connectivity index (χ3v) is 4.16. The maximum absolute atomic E-state index is 13.4. The molecule has 2 N–H and O–H groups in total. The Balaban J connectivity index is 1.64. The SMILES string of the molecule is O=C(COCC1CCCO1)Nc1ccc(NC(=O)c2ccco2)cc1C(F)(F)F. The van der Waals surface area contributed by atoms with Crippen LogP contribution in [-0.4, -0.2) is 37.7 Å². The van der Waals surface area contributed by atoms with Gasteiger partial charge in [0.15, 0.2) is 5.76 Å². The molecule has 7 nitrogen and oxygen atoms in total. The van der Waals surface area contributed by atoms with E-state index in [1.165, 1.54) is 24.5 Å². The molecule has 0 saturated carbocycles. The number of hydrogen-bond acceptors (Lipinski definition) is 5. The van der Waals surface area contributed by atoms with E-state index in [-0.39, 0.29) is 24.2 Å². The largest absolute Gasteiger partial charge is 0.459 e. The number of halogens is 3. The van der Waals surface area contributed by atoms with E-state index >= 15 is 0 Å². The molecule has 156 valence electrons. The fraction of sp³-hybridized carbons (Fsp3) is 0.368. The van der Waals surface area contributed by atoms with Gasteiger partial charge < -0.3 is 24.5 Å². The molecule has 0 radical (unpaired) electrons. The molecule has 1 fully saturated rings. The van der Waals surface area contributed by atoms with E-state index in [4.69, 9.17) is 13.9 Å². The van der Waals surface area contributed by atoms with Gasteiger partial charge >= 0.3 is 6.18 Å². The van der Waals surface area contributed by atoms with Crippen molar-refractivity contribution in [2.45, 2.75) is 25.1 Å². The molecule has 2 amide bonds. The van der Waals surface area contributed by atoms with Gasteiger partial charge in [0.05, 0.1) is 30.2 Å². The molecule has 10 heteroatoms. The molecule has 1 atom stereocenters. The predicted octanol–water partition coefficient (Wildman–Crippen LogP) is 3.68. The molecule has 29 heavy (non-hydrogen) atoms. The van der Waals surface area contributed by atoms with Gasteiger partial charge in [-0.25, -0.2) is 0 Å². The molecule has 0 aliphatic carbocycles. The Morgan fingerprint density at radius 1 is 1.21 bits per heavy atom. The first-order valence-corrected chi connectivity index (χ1v) is 8.88. The van der Waals surface area contributed by atoms with Crippen LogP contribution in [0.25, 0.3) is 0 Å². The van der Waals surface area contributed by atoms with Crippen molar-refractivity contribution in [1.82, 2.24) is 0 Å². The maximum atomic E-state index is 13.4. The number of anilines is 2. The smallest absolute Gasteiger partial charge is 0.418 e. The van der Waals surface area contributed by atoms with Crippen LogP contribution in [0.4, 0.5) is 24.5 Å². The normalized spacial score (nSPS) is 16.6. The number of alkyl halides is 3. The van der Waals surface area contributed by atoms with Crippen LogP contribution in [0.1, 0.15) is 29.0 Å². The first kappa shape index (κ1) is 20.9. The van der Waals surface area contributed by atoms with Crippen LogP contribution < -0.4 is 10.6 Å². The second kappa shape index (κ2) is 9.10. The Labute approximate surface area is 164 Å². The standard InChI is InChI=1S/C19H19F3N2O5/c20-19(21,22)14-9-12(23-18(26)16-4-2-8-29-16)5-6-15(14)24-17(25)11-27-10-13-3-1-7-28-13/h2,4-6,8-9,13H,1,3,7,10-11H2,(H,23,26)(H,24,25). The number of nitrogens with one attached hydrogen (secondary N) is 2. The number of rotatable bonds is 7. The van der Waals surface area contributed by atoms with Crippen LogP contribution in [0, 0.1) is 0 Å². The molecule has 1 aliphatic rings. The number of hydrogen-bond donors (Lipinski definition) is 2. The van der Waals surface area contributed by atoms with Crippen LogP contribution in [0.5, 0.6) is 0 Å². The number of carbonyl (C=O) groups excluding carboxylic acids is 2. The monoisotopic (exact) mass is 412 g/mol. The van der Waals surface area contributed by atoms with E-state index in [0.29, 0.717) is 6.61 Å². The highest BCUT2D eigenvalue weighted by Crippen LogP contribution is 2.36. The molecule has 0 spiro atoms. The van der Waals surface area contributed by atoms with Crippen molar-refractivity contribution in [1.29, 1.82) is 0 Å². The Morgan fingerprint density at radius 3 is 2.69 bits per heavy atom. The summed E-state index contributed by atoms with van der Waals surface area (Å²) in [7, 11) is 0. The summed E-state index contributed by atoms with van der Waals surface area (Å²) in [5.41, 5.74) is -1.62. The lowest BCUT2D eigenvalue weighted by atomic mass is 10.1. The highest BCUT2D eigenvalue weighted by molar-refractivity contribution is 6.02. The topological polar surface area (TPSA) is 89.8 Å². The molecule has 1 aromatic carbocycles. The molecule has 2 heterocycles. The van der Waals surface area contributed by atoms with Crippen LogP contribution in [0.15, 0.2) is 41.0 Å². The van der Waals surface area contributed by atoms with Gasteiger partial charge in [0.1, 0.15) is 6.61 Å². The van der Waals surface area contributed by atoms with Gasteiger partial charge in [-0.15, -0.1) is 0 Å². The molecular formula is C19H19F3N2O5. The number of carbonyl (C=O) groups is 2. The van der Waals surface area contributed by atoms with Crippen molar-refractivity contribution in [3.8, 4) is 0 Å². The van der Waals surface area contributed by atoms with E-state index < -0.39 is 35.8 Å². The van der Waals surface area contributed by atoms with Gasteiger partial charge in [-0.3, -0.25) is 9.59 Å². The number of benzene rings is 1. The van der Waals surface area contributed by atoms with Crippen molar-refractivity contribution < 1.29 is 36.7 Å². The zero-order valence-corrected chi connectivity index (χ0v) is 15.3. The van der Waals surface area contributed by atoms with Gasteiger partial charge in [-0.1, -0.05) is 0 Å². The van der Waals surface area contributed by atoms with Gasteiger partial charge in [0.25, 0.3) is 5.91 Å². The summed E-state index contributed by atoms with van der Waals surface area (Å²) < 4.78 is 55.7. The molecule has 1 unspecified atom stereocenters. The third kappa shape index (κ3) is 5.81. The van der Waals surface area contributed by atoms with Gasteiger partial charge in [0.2, 0.25) is 5.91 Å². The highest BCUT2D eigenvalue weighted by Gasteiger charge is 2.34. The zero-order chi connectivity index (χ0) is 20.9. The lowest BCUT2D eigenvalue weighted by Crippen LogP contribution is -2.24. The Kier molecular flexibility index (Phi) is 6.55. The summed E-state index contributed by atoms with van der Waals surface area (Å²) in [5.74, 6) is -1.46. The summed E-state index contributed by atoms with van der Waals surface area (Å²) in [6, 6.07) is 5.92. The minimum atomic E-state index is -4.74. The van der Waals surface area contributed by atoms with Crippen molar-refractivity contribution in [3.05, 3.63) is 47.9 Å². The maximum Gasteiger partial charge on any atom is 0.418 e. The van der Waals surface area contributed by atoms with Crippen LogP contribution in [0.3, 0.4) is 0 Å². The second-order valence-electron chi connectivity index (χ2n) is 6.39. The van der Waals surface area contributed by atoms with Crippen molar-refractivity contribution >= 4 is 23.2 Å². The molecular weight excluding hydrogens is 393 g/mol. The van der Waals surface area contributed by atoms with Crippen LogP contribution >= 0.6 is 0 Å². The van der Waals surface area contributed by atoms with Gasteiger partial charge in [-0.05, 0) is 43.2 Å². The number of furan rings is 1. The molecule has 0 bridgehead atoms. The van der Waals surface area contributed by atoms with E-state index in [1.807, 2.05) is 0 Å². The van der Waals surface area contributed by atoms with Crippen LogP contribution in [-0.2, 0) is 20.4 Å². The number of amides is 2. The second-order valence-corrected chi connectivity index (χ2v) is 6.39. The summed E-state index contributed by atoms with van der Waals surface area (Å²) in [6.45, 7) is 0.448.